The van der Waals surface area contributed by atoms with Crippen LogP contribution in [0.25, 0.3) is 11.6 Å². The number of rotatable bonds is 4. The second-order valence-corrected chi connectivity index (χ2v) is 3.41. The van der Waals surface area contributed by atoms with Crippen molar-refractivity contribution in [1.82, 2.24) is 19.9 Å². The summed E-state index contributed by atoms with van der Waals surface area (Å²) in [4.78, 5) is 4.19. The summed E-state index contributed by atoms with van der Waals surface area (Å²) in [5, 5.41) is 8.19. The lowest BCUT2D eigenvalue weighted by Gasteiger charge is -1.97. The van der Waals surface area contributed by atoms with Gasteiger partial charge in [-0.2, -0.15) is 10.1 Å². The van der Waals surface area contributed by atoms with Gasteiger partial charge in [-0.05, 0) is 19.4 Å². The van der Waals surface area contributed by atoms with Crippen LogP contribution < -0.4 is 5.73 Å². The predicted octanol–water partition coefficient (Wildman–Crippen LogP) is 0.974. The molecule has 2 N–H and O–H groups in total. The third-order valence-corrected chi connectivity index (χ3v) is 2.36. The maximum Gasteiger partial charge on any atom is 0.276 e. The van der Waals surface area contributed by atoms with Crippen LogP contribution >= 0.6 is 0 Å². The Balaban J connectivity index is 2.41. The van der Waals surface area contributed by atoms with Gasteiger partial charge in [0.15, 0.2) is 5.82 Å². The van der Waals surface area contributed by atoms with Crippen molar-refractivity contribution < 1.29 is 4.52 Å². The van der Waals surface area contributed by atoms with Crippen molar-refractivity contribution in [2.75, 3.05) is 0 Å². The zero-order valence-electron chi connectivity index (χ0n) is 9.47. The SMILES string of the molecule is CCc1cc(-c2nc(CN)no2)n(CC)n1. The number of nitrogens with two attached hydrogens (primary N) is 1. The van der Waals surface area contributed by atoms with Crippen molar-refractivity contribution >= 4 is 0 Å². The van der Waals surface area contributed by atoms with Crippen molar-refractivity contribution in [1.29, 1.82) is 0 Å². The summed E-state index contributed by atoms with van der Waals surface area (Å²) in [6.07, 6.45) is 0.887. The molecule has 2 heterocycles. The van der Waals surface area contributed by atoms with Gasteiger partial charge in [-0.3, -0.25) is 4.68 Å². The number of hydrogen-bond donors (Lipinski definition) is 1. The molecule has 0 aliphatic heterocycles. The first-order valence-corrected chi connectivity index (χ1v) is 5.38. The zero-order valence-corrected chi connectivity index (χ0v) is 9.47. The van der Waals surface area contributed by atoms with Crippen molar-refractivity contribution in [2.45, 2.75) is 33.4 Å². The summed E-state index contributed by atoms with van der Waals surface area (Å²) in [7, 11) is 0. The van der Waals surface area contributed by atoms with E-state index in [4.69, 9.17) is 10.3 Å². The highest BCUT2D eigenvalue weighted by Gasteiger charge is 2.14. The smallest absolute Gasteiger partial charge is 0.276 e. The lowest BCUT2D eigenvalue weighted by atomic mass is 10.3. The fourth-order valence-electron chi connectivity index (χ4n) is 1.50. The molecule has 0 aromatic carbocycles. The predicted molar refractivity (Wildman–Crippen MR) is 58.5 cm³/mol. The molecule has 86 valence electrons. The van der Waals surface area contributed by atoms with Crippen LogP contribution in [0.3, 0.4) is 0 Å². The third kappa shape index (κ3) is 1.83. The molecule has 0 aliphatic rings. The molecule has 0 atom stereocenters. The van der Waals surface area contributed by atoms with Crippen LogP contribution in [-0.2, 0) is 19.5 Å². The summed E-state index contributed by atoms with van der Waals surface area (Å²) < 4.78 is 6.99. The first-order valence-electron chi connectivity index (χ1n) is 5.38. The number of aryl methyl sites for hydroxylation is 2. The minimum absolute atomic E-state index is 0.282. The topological polar surface area (TPSA) is 82.8 Å². The van der Waals surface area contributed by atoms with Crippen LogP contribution in [0.4, 0.5) is 0 Å². The molecule has 0 fully saturated rings. The second-order valence-electron chi connectivity index (χ2n) is 3.41. The standard InChI is InChI=1S/C10H15N5O/c1-3-7-5-8(15(4-2)13-7)10-12-9(6-11)14-16-10/h5H,3-4,6,11H2,1-2H3. The van der Waals surface area contributed by atoms with Crippen molar-refractivity contribution in [3.05, 3.63) is 17.6 Å². The Bertz CT molecular complexity index is 473. The van der Waals surface area contributed by atoms with E-state index in [0.29, 0.717) is 11.7 Å². The Morgan fingerprint density at radius 1 is 1.44 bits per heavy atom. The molecule has 0 spiro atoms. The van der Waals surface area contributed by atoms with Crippen molar-refractivity contribution in [3.8, 4) is 11.6 Å². The molecule has 0 saturated heterocycles. The minimum Gasteiger partial charge on any atom is -0.332 e. The van der Waals surface area contributed by atoms with E-state index in [1.54, 1.807) is 0 Å². The maximum absolute atomic E-state index is 5.44. The average Bonchev–Trinajstić information content (AvgIpc) is 2.94. The highest BCUT2D eigenvalue weighted by atomic mass is 16.5. The Labute approximate surface area is 93.4 Å². The molecule has 0 saturated carbocycles. The van der Waals surface area contributed by atoms with Crippen molar-refractivity contribution in [3.63, 3.8) is 0 Å². The molecule has 0 radical (unpaired) electrons. The van der Waals surface area contributed by atoms with Gasteiger partial charge in [-0.25, -0.2) is 0 Å². The first kappa shape index (κ1) is 10.8. The van der Waals surface area contributed by atoms with Gasteiger partial charge in [-0.1, -0.05) is 12.1 Å². The maximum atomic E-state index is 5.44. The zero-order chi connectivity index (χ0) is 11.5. The average molecular weight is 221 g/mol. The highest BCUT2D eigenvalue weighted by molar-refractivity contribution is 5.47. The quantitative estimate of drug-likeness (QED) is 0.831. The van der Waals surface area contributed by atoms with Crippen LogP contribution in [0, 0.1) is 0 Å². The molecule has 0 unspecified atom stereocenters. The van der Waals surface area contributed by atoms with E-state index in [1.165, 1.54) is 0 Å². The van der Waals surface area contributed by atoms with Gasteiger partial charge >= 0.3 is 0 Å². The van der Waals surface area contributed by atoms with E-state index in [2.05, 4.69) is 22.2 Å². The van der Waals surface area contributed by atoms with Crippen LogP contribution in [0.1, 0.15) is 25.4 Å². The molecular formula is C10H15N5O. The van der Waals surface area contributed by atoms with E-state index in [9.17, 15) is 0 Å². The molecule has 2 aromatic heterocycles. The number of hydrogen-bond acceptors (Lipinski definition) is 5. The monoisotopic (exact) mass is 221 g/mol. The van der Waals surface area contributed by atoms with Crippen LogP contribution in [-0.4, -0.2) is 19.9 Å². The Morgan fingerprint density at radius 2 is 2.25 bits per heavy atom. The van der Waals surface area contributed by atoms with Gasteiger partial charge in [0, 0.05) is 6.54 Å². The Hall–Kier alpha value is -1.69. The molecule has 6 heteroatoms. The normalized spacial score (nSPS) is 10.9. The van der Waals surface area contributed by atoms with Gasteiger partial charge in [-0.15, -0.1) is 0 Å². The van der Waals surface area contributed by atoms with Gasteiger partial charge in [0.1, 0.15) is 5.69 Å². The minimum atomic E-state index is 0.282. The van der Waals surface area contributed by atoms with Gasteiger partial charge in [0.05, 0.1) is 12.2 Å². The Kier molecular flexibility index (Phi) is 3.00. The van der Waals surface area contributed by atoms with Gasteiger partial charge < -0.3 is 10.3 Å². The van der Waals surface area contributed by atoms with Crippen molar-refractivity contribution in [2.24, 2.45) is 5.73 Å². The molecular weight excluding hydrogens is 206 g/mol. The third-order valence-electron chi connectivity index (χ3n) is 2.36. The molecule has 6 nitrogen and oxygen atoms in total. The molecule has 0 bridgehead atoms. The summed E-state index contributed by atoms with van der Waals surface area (Å²) in [6.45, 7) is 5.14. The molecule has 16 heavy (non-hydrogen) atoms. The van der Waals surface area contributed by atoms with Crippen LogP contribution in [0.2, 0.25) is 0 Å². The summed E-state index contributed by atoms with van der Waals surface area (Å²) in [5.74, 6) is 0.992. The Morgan fingerprint density at radius 3 is 2.81 bits per heavy atom. The number of aromatic nitrogens is 4. The molecule has 2 rings (SSSR count). The van der Waals surface area contributed by atoms with Gasteiger partial charge in [0.2, 0.25) is 0 Å². The second kappa shape index (κ2) is 4.44. The lowest BCUT2D eigenvalue weighted by molar-refractivity contribution is 0.418. The van der Waals surface area contributed by atoms with E-state index in [-0.39, 0.29) is 6.54 Å². The molecule has 0 aliphatic carbocycles. The summed E-state index contributed by atoms with van der Waals surface area (Å²) in [5.41, 5.74) is 7.31. The fraction of sp³-hybridized carbons (Fsp3) is 0.500. The van der Waals surface area contributed by atoms with Crippen LogP contribution in [0.15, 0.2) is 10.6 Å². The summed E-state index contributed by atoms with van der Waals surface area (Å²) in [6, 6.07) is 1.97. The van der Waals surface area contributed by atoms with E-state index in [1.807, 2.05) is 17.7 Å². The van der Waals surface area contributed by atoms with Gasteiger partial charge in [0.25, 0.3) is 5.89 Å². The van der Waals surface area contributed by atoms with E-state index in [0.717, 1.165) is 24.4 Å². The number of nitrogens with zero attached hydrogens (tertiary/aromatic N) is 4. The van der Waals surface area contributed by atoms with Crippen LogP contribution in [0.5, 0.6) is 0 Å². The largest absolute Gasteiger partial charge is 0.332 e. The summed E-state index contributed by atoms with van der Waals surface area (Å²) >= 11 is 0. The molecule has 0 amide bonds. The van der Waals surface area contributed by atoms with E-state index < -0.39 is 0 Å². The first-order chi connectivity index (χ1) is 7.78. The highest BCUT2D eigenvalue weighted by Crippen LogP contribution is 2.18. The lowest BCUT2D eigenvalue weighted by Crippen LogP contribution is -2.00. The molecule has 2 aromatic rings. The fourth-order valence-corrected chi connectivity index (χ4v) is 1.50. The van der Waals surface area contributed by atoms with E-state index >= 15 is 0 Å².